The van der Waals surface area contributed by atoms with Crippen LogP contribution in [0.3, 0.4) is 0 Å². The standard InChI is InChI=1S/C14H21O2P.C3H9P/c1-4-12(11-8-6-5-7-9-11)16-14(3)13(2,10-15)17-14;1-3(2)4/h5-9,12,15,17H,4,10H2,1-3H3;3H,4H2,1-2H3. The summed E-state index contributed by atoms with van der Waals surface area (Å²) < 4.78 is 6.24. The third kappa shape index (κ3) is 5.29. The predicted octanol–water partition coefficient (Wildman–Crippen LogP) is 4.58. The van der Waals surface area contributed by atoms with E-state index >= 15 is 0 Å². The Hall–Kier alpha value is 0. The highest BCUT2D eigenvalue weighted by Crippen LogP contribution is 2.71. The number of aliphatic hydroxyl groups is 1. The Morgan fingerprint density at radius 1 is 1.24 bits per heavy atom. The van der Waals surface area contributed by atoms with Gasteiger partial charge in [-0.25, -0.2) is 0 Å². The van der Waals surface area contributed by atoms with Gasteiger partial charge >= 0.3 is 0 Å². The minimum absolute atomic E-state index is 0.0325. The van der Waals surface area contributed by atoms with Crippen molar-refractivity contribution in [2.24, 2.45) is 0 Å². The van der Waals surface area contributed by atoms with E-state index in [2.05, 4.69) is 56.0 Å². The van der Waals surface area contributed by atoms with Crippen molar-refractivity contribution in [2.45, 2.75) is 63.3 Å². The lowest BCUT2D eigenvalue weighted by molar-refractivity contribution is -0.0290. The Morgan fingerprint density at radius 2 is 1.76 bits per heavy atom. The first kappa shape index (κ1) is 19.0. The van der Waals surface area contributed by atoms with Crippen molar-refractivity contribution < 1.29 is 9.84 Å². The van der Waals surface area contributed by atoms with Crippen molar-refractivity contribution in [1.82, 2.24) is 0 Å². The number of hydrogen-bond acceptors (Lipinski definition) is 2. The van der Waals surface area contributed by atoms with Crippen molar-refractivity contribution in [2.75, 3.05) is 6.61 Å². The van der Waals surface area contributed by atoms with Crippen LogP contribution in [0.25, 0.3) is 0 Å². The lowest BCUT2D eigenvalue weighted by Crippen LogP contribution is -2.28. The van der Waals surface area contributed by atoms with Crippen molar-refractivity contribution >= 4 is 17.8 Å². The van der Waals surface area contributed by atoms with Gasteiger partial charge < -0.3 is 9.84 Å². The Labute approximate surface area is 134 Å². The van der Waals surface area contributed by atoms with Crippen LogP contribution in [-0.2, 0) is 4.74 Å². The number of rotatable bonds is 5. The molecule has 21 heavy (non-hydrogen) atoms. The van der Waals surface area contributed by atoms with Crippen molar-refractivity contribution in [3.05, 3.63) is 35.9 Å². The van der Waals surface area contributed by atoms with E-state index in [-0.39, 0.29) is 23.2 Å². The quantitative estimate of drug-likeness (QED) is 0.802. The summed E-state index contributed by atoms with van der Waals surface area (Å²) >= 11 is 0. The summed E-state index contributed by atoms with van der Waals surface area (Å²) in [7, 11) is 3.35. The molecule has 0 aliphatic carbocycles. The third-order valence-electron chi connectivity index (χ3n) is 3.74. The van der Waals surface area contributed by atoms with E-state index in [0.717, 1.165) is 12.1 Å². The van der Waals surface area contributed by atoms with E-state index in [1.165, 1.54) is 5.56 Å². The Balaban J connectivity index is 0.000000491. The van der Waals surface area contributed by atoms with Crippen molar-refractivity contribution in [3.63, 3.8) is 0 Å². The van der Waals surface area contributed by atoms with Gasteiger partial charge in [-0.2, -0.15) is 0 Å². The molecule has 5 unspecified atom stereocenters. The van der Waals surface area contributed by atoms with Crippen LogP contribution >= 0.6 is 17.8 Å². The fraction of sp³-hybridized carbons (Fsp3) is 0.647. The number of hydrogen-bond donors (Lipinski definition) is 1. The molecule has 1 aromatic rings. The second kappa shape index (κ2) is 8.02. The molecule has 1 fully saturated rings. The second-order valence-electron chi connectivity index (χ2n) is 6.32. The maximum atomic E-state index is 9.38. The Kier molecular flexibility index (Phi) is 7.28. The summed E-state index contributed by atoms with van der Waals surface area (Å²) in [6.45, 7) is 10.8. The third-order valence-corrected chi connectivity index (χ3v) is 5.82. The molecule has 120 valence electrons. The average Bonchev–Trinajstić information content (AvgIpc) is 2.99. The summed E-state index contributed by atoms with van der Waals surface area (Å²) in [6.07, 6.45) is 1.10. The molecule has 1 aliphatic rings. The lowest BCUT2D eigenvalue weighted by atomic mass is 10.0. The first-order valence-electron chi connectivity index (χ1n) is 7.66. The normalized spacial score (nSPS) is 29.9. The second-order valence-corrected chi connectivity index (χ2v) is 9.96. The smallest absolute Gasteiger partial charge is 0.0941 e. The zero-order chi connectivity index (χ0) is 16.1. The highest BCUT2D eigenvalue weighted by atomic mass is 31.1. The van der Waals surface area contributed by atoms with Crippen LogP contribution in [0, 0.1) is 0 Å². The highest BCUT2D eigenvalue weighted by molar-refractivity contribution is 7.51. The molecule has 0 amide bonds. The molecule has 1 aromatic carbocycles. The molecule has 0 spiro atoms. The van der Waals surface area contributed by atoms with E-state index < -0.39 is 0 Å². The van der Waals surface area contributed by atoms with E-state index in [0.29, 0.717) is 8.58 Å². The van der Waals surface area contributed by atoms with E-state index in [1.807, 2.05) is 18.2 Å². The van der Waals surface area contributed by atoms with Crippen LogP contribution in [0.2, 0.25) is 0 Å². The van der Waals surface area contributed by atoms with Crippen LogP contribution < -0.4 is 0 Å². The van der Waals surface area contributed by atoms with Crippen LogP contribution in [-0.4, -0.2) is 27.9 Å². The minimum Gasteiger partial charge on any atom is -0.395 e. The summed E-state index contributed by atoms with van der Waals surface area (Å²) in [4.78, 5) is 0. The first-order valence-corrected chi connectivity index (χ1v) is 9.33. The fourth-order valence-corrected chi connectivity index (χ4v) is 3.59. The molecule has 2 rings (SSSR count). The van der Waals surface area contributed by atoms with Gasteiger partial charge in [0.25, 0.3) is 0 Å². The van der Waals surface area contributed by atoms with Gasteiger partial charge in [0, 0.05) is 5.16 Å². The molecule has 0 bridgehead atoms. The first-order chi connectivity index (χ1) is 9.78. The largest absolute Gasteiger partial charge is 0.395 e. The maximum absolute atomic E-state index is 9.38. The monoisotopic (exact) mass is 328 g/mol. The molecule has 4 heteroatoms. The minimum atomic E-state index is -0.141. The van der Waals surface area contributed by atoms with Gasteiger partial charge in [-0.1, -0.05) is 66.6 Å². The van der Waals surface area contributed by atoms with E-state index in [4.69, 9.17) is 4.74 Å². The molecule has 0 aromatic heterocycles. The fourth-order valence-electron chi connectivity index (χ4n) is 2.18. The molecule has 1 N–H and O–H groups in total. The van der Waals surface area contributed by atoms with Crippen LogP contribution in [0.1, 0.15) is 52.7 Å². The summed E-state index contributed by atoms with van der Waals surface area (Å²) in [5.41, 5.74) is 1.98. The van der Waals surface area contributed by atoms with Crippen LogP contribution in [0.5, 0.6) is 0 Å². The van der Waals surface area contributed by atoms with Crippen LogP contribution in [0.4, 0.5) is 0 Å². The Bertz CT molecular complexity index is 421. The Morgan fingerprint density at radius 3 is 2.14 bits per heavy atom. The molecule has 1 saturated heterocycles. The zero-order valence-electron chi connectivity index (χ0n) is 13.9. The number of benzene rings is 1. The molecular weight excluding hydrogens is 298 g/mol. The summed E-state index contributed by atoms with van der Waals surface area (Å²) in [6, 6.07) is 10.3. The van der Waals surface area contributed by atoms with Gasteiger partial charge in [0.15, 0.2) is 0 Å². The molecule has 0 radical (unpaired) electrons. The van der Waals surface area contributed by atoms with E-state index in [1.54, 1.807) is 0 Å². The van der Waals surface area contributed by atoms with Crippen molar-refractivity contribution in [3.8, 4) is 0 Å². The van der Waals surface area contributed by atoms with Gasteiger partial charge in [-0.05, 0) is 24.6 Å². The summed E-state index contributed by atoms with van der Waals surface area (Å²) in [5.74, 6) is 0. The number of ether oxygens (including phenoxy) is 1. The molecule has 2 nitrogen and oxygen atoms in total. The van der Waals surface area contributed by atoms with Gasteiger partial charge in [0.2, 0.25) is 0 Å². The summed E-state index contributed by atoms with van der Waals surface area (Å²) in [5, 5.41) is 9.21. The van der Waals surface area contributed by atoms with Crippen molar-refractivity contribution in [1.29, 1.82) is 0 Å². The molecule has 5 atom stereocenters. The number of aliphatic hydroxyl groups excluding tert-OH is 1. The van der Waals surface area contributed by atoms with Crippen LogP contribution in [0.15, 0.2) is 30.3 Å². The average molecular weight is 328 g/mol. The zero-order valence-corrected chi connectivity index (χ0v) is 16.0. The molecule has 1 heterocycles. The van der Waals surface area contributed by atoms with E-state index in [9.17, 15) is 5.11 Å². The molecule has 1 aliphatic heterocycles. The molecular formula is C17H30O2P2. The predicted molar refractivity (Wildman–Crippen MR) is 97.6 cm³/mol. The van der Waals surface area contributed by atoms with Gasteiger partial charge in [-0.15, -0.1) is 9.24 Å². The maximum Gasteiger partial charge on any atom is 0.0941 e. The molecule has 0 saturated carbocycles. The lowest BCUT2D eigenvalue weighted by Gasteiger charge is -2.24. The SMILES string of the molecule is CC(C)P.CCC(OC1(C)PC1(C)CO)c1ccccc1. The highest BCUT2D eigenvalue weighted by Gasteiger charge is 2.63. The van der Waals surface area contributed by atoms with Gasteiger partial charge in [-0.3, -0.25) is 0 Å². The topological polar surface area (TPSA) is 29.5 Å². The van der Waals surface area contributed by atoms with Gasteiger partial charge in [0.05, 0.1) is 18.1 Å². The van der Waals surface area contributed by atoms with Gasteiger partial charge in [0.1, 0.15) is 0 Å².